The molecule has 5 heteroatoms. The third kappa shape index (κ3) is 6.30. The van der Waals surface area contributed by atoms with Crippen LogP contribution in [0.25, 0.3) is 0 Å². The Morgan fingerprint density at radius 3 is 2.35 bits per heavy atom. The monoisotopic (exact) mass is 355 g/mol. The van der Waals surface area contributed by atoms with Crippen LogP contribution >= 0.6 is 24.0 Å². The maximum atomic E-state index is 5.88. The Hall–Kier alpha value is -1.42. The standard InChI is InChI=1S/C18H22ClNO2.ClH/c1-3-10-20-12-15-6-9-17(18(11-15)21-2)22-13-14-4-7-16(19)8-5-14;/h4-9,11,20H,3,10,12-13H2,1-2H3;1H. The number of ether oxygens (including phenoxy) is 2. The number of rotatable bonds is 8. The summed E-state index contributed by atoms with van der Waals surface area (Å²) in [5.41, 5.74) is 2.25. The van der Waals surface area contributed by atoms with E-state index >= 15 is 0 Å². The molecule has 0 unspecified atom stereocenters. The van der Waals surface area contributed by atoms with Crippen molar-refractivity contribution in [2.45, 2.75) is 26.5 Å². The van der Waals surface area contributed by atoms with Gasteiger partial charge in [0.1, 0.15) is 6.61 Å². The second-order valence-corrected chi connectivity index (χ2v) is 5.51. The third-order valence-electron chi connectivity index (χ3n) is 3.29. The first kappa shape index (κ1) is 19.6. The Morgan fingerprint density at radius 1 is 1.00 bits per heavy atom. The summed E-state index contributed by atoms with van der Waals surface area (Å²) < 4.78 is 11.3. The molecule has 0 saturated carbocycles. The predicted molar refractivity (Wildman–Crippen MR) is 98.0 cm³/mol. The van der Waals surface area contributed by atoms with Gasteiger partial charge in [0, 0.05) is 11.6 Å². The largest absolute Gasteiger partial charge is 0.493 e. The van der Waals surface area contributed by atoms with Gasteiger partial charge in [-0.1, -0.05) is 36.7 Å². The van der Waals surface area contributed by atoms with Gasteiger partial charge in [-0.05, 0) is 48.4 Å². The predicted octanol–water partition coefficient (Wildman–Crippen LogP) is 4.85. The molecule has 0 saturated heterocycles. The lowest BCUT2D eigenvalue weighted by Gasteiger charge is -2.12. The molecule has 0 aliphatic heterocycles. The Labute approximate surface area is 149 Å². The molecule has 3 nitrogen and oxygen atoms in total. The zero-order valence-corrected chi connectivity index (χ0v) is 15.0. The smallest absolute Gasteiger partial charge is 0.161 e. The molecule has 126 valence electrons. The van der Waals surface area contributed by atoms with Crippen molar-refractivity contribution in [3.05, 3.63) is 58.6 Å². The van der Waals surface area contributed by atoms with E-state index in [2.05, 4.69) is 18.3 Å². The summed E-state index contributed by atoms with van der Waals surface area (Å²) in [6.45, 7) is 4.49. The van der Waals surface area contributed by atoms with E-state index in [9.17, 15) is 0 Å². The molecule has 0 aromatic heterocycles. The Kier molecular flexibility index (Phi) is 8.85. The highest BCUT2D eigenvalue weighted by Crippen LogP contribution is 2.29. The van der Waals surface area contributed by atoms with Crippen LogP contribution < -0.4 is 14.8 Å². The zero-order chi connectivity index (χ0) is 15.8. The molecule has 2 aromatic rings. The van der Waals surface area contributed by atoms with E-state index in [0.29, 0.717) is 6.61 Å². The Balaban J connectivity index is 0.00000264. The molecule has 0 aliphatic rings. The van der Waals surface area contributed by atoms with Crippen molar-refractivity contribution in [2.75, 3.05) is 13.7 Å². The van der Waals surface area contributed by atoms with E-state index in [1.165, 1.54) is 5.56 Å². The van der Waals surface area contributed by atoms with Crippen LogP contribution in [0.2, 0.25) is 5.02 Å². The van der Waals surface area contributed by atoms with Gasteiger partial charge in [0.2, 0.25) is 0 Å². The van der Waals surface area contributed by atoms with Gasteiger partial charge in [-0.2, -0.15) is 0 Å². The average molecular weight is 356 g/mol. The lowest BCUT2D eigenvalue weighted by molar-refractivity contribution is 0.284. The van der Waals surface area contributed by atoms with Crippen molar-refractivity contribution in [1.82, 2.24) is 5.32 Å². The number of halogens is 2. The molecule has 2 aromatic carbocycles. The highest BCUT2D eigenvalue weighted by atomic mass is 35.5. The minimum atomic E-state index is 0. The van der Waals surface area contributed by atoms with Crippen molar-refractivity contribution in [1.29, 1.82) is 0 Å². The van der Waals surface area contributed by atoms with Crippen LogP contribution in [0.4, 0.5) is 0 Å². The molecule has 0 bridgehead atoms. The number of benzene rings is 2. The number of nitrogens with one attached hydrogen (secondary N) is 1. The van der Waals surface area contributed by atoms with E-state index in [1.54, 1.807) is 7.11 Å². The van der Waals surface area contributed by atoms with Crippen LogP contribution in [0.3, 0.4) is 0 Å². The van der Waals surface area contributed by atoms with Crippen molar-refractivity contribution in [3.8, 4) is 11.5 Å². The van der Waals surface area contributed by atoms with Gasteiger partial charge >= 0.3 is 0 Å². The Morgan fingerprint density at radius 2 is 1.70 bits per heavy atom. The minimum Gasteiger partial charge on any atom is -0.493 e. The van der Waals surface area contributed by atoms with Gasteiger partial charge in [-0.15, -0.1) is 12.4 Å². The number of hydrogen-bond acceptors (Lipinski definition) is 3. The fraction of sp³-hybridized carbons (Fsp3) is 0.333. The van der Waals surface area contributed by atoms with Crippen LogP contribution in [0.1, 0.15) is 24.5 Å². The first-order chi connectivity index (χ1) is 10.7. The molecule has 0 heterocycles. The summed E-state index contributed by atoms with van der Waals surface area (Å²) >= 11 is 5.88. The van der Waals surface area contributed by atoms with Gasteiger partial charge < -0.3 is 14.8 Å². The molecule has 0 atom stereocenters. The zero-order valence-electron chi connectivity index (χ0n) is 13.5. The third-order valence-corrected chi connectivity index (χ3v) is 3.54. The molecule has 0 spiro atoms. The van der Waals surface area contributed by atoms with Gasteiger partial charge in [0.15, 0.2) is 11.5 Å². The number of methoxy groups -OCH3 is 1. The Bertz CT molecular complexity index is 588. The van der Waals surface area contributed by atoms with Gasteiger partial charge in [0.25, 0.3) is 0 Å². The maximum absolute atomic E-state index is 5.88. The van der Waals surface area contributed by atoms with E-state index in [1.807, 2.05) is 36.4 Å². The van der Waals surface area contributed by atoms with Crippen LogP contribution in [-0.2, 0) is 13.2 Å². The summed E-state index contributed by atoms with van der Waals surface area (Å²) in [4.78, 5) is 0. The van der Waals surface area contributed by atoms with E-state index in [0.717, 1.165) is 41.6 Å². The van der Waals surface area contributed by atoms with E-state index < -0.39 is 0 Å². The summed E-state index contributed by atoms with van der Waals surface area (Å²) in [7, 11) is 1.66. The van der Waals surface area contributed by atoms with Crippen molar-refractivity contribution in [2.24, 2.45) is 0 Å². The molecule has 0 fully saturated rings. The summed E-state index contributed by atoms with van der Waals surface area (Å²) in [5.74, 6) is 1.50. The SMILES string of the molecule is CCCNCc1ccc(OCc2ccc(Cl)cc2)c(OC)c1.Cl. The van der Waals surface area contributed by atoms with Gasteiger partial charge in [-0.25, -0.2) is 0 Å². The van der Waals surface area contributed by atoms with Crippen molar-refractivity contribution < 1.29 is 9.47 Å². The van der Waals surface area contributed by atoms with Gasteiger partial charge in [0.05, 0.1) is 7.11 Å². The van der Waals surface area contributed by atoms with Gasteiger partial charge in [-0.3, -0.25) is 0 Å². The molecule has 0 amide bonds. The quantitative estimate of drug-likeness (QED) is 0.686. The normalized spacial score (nSPS) is 10.0. The highest BCUT2D eigenvalue weighted by Gasteiger charge is 2.06. The molecule has 0 aliphatic carbocycles. The molecule has 2 rings (SSSR count). The van der Waals surface area contributed by atoms with Crippen LogP contribution in [0.15, 0.2) is 42.5 Å². The molecule has 1 N–H and O–H groups in total. The minimum absolute atomic E-state index is 0. The summed E-state index contributed by atoms with van der Waals surface area (Å²) in [6.07, 6.45) is 1.12. The molecular formula is C18H23Cl2NO2. The fourth-order valence-electron chi connectivity index (χ4n) is 2.09. The summed E-state index contributed by atoms with van der Waals surface area (Å²) in [5, 5.41) is 4.10. The van der Waals surface area contributed by atoms with Crippen LogP contribution in [0.5, 0.6) is 11.5 Å². The van der Waals surface area contributed by atoms with Crippen LogP contribution in [-0.4, -0.2) is 13.7 Å². The molecule has 0 radical (unpaired) electrons. The molecule has 23 heavy (non-hydrogen) atoms. The second kappa shape index (κ2) is 10.4. The second-order valence-electron chi connectivity index (χ2n) is 5.08. The lowest BCUT2D eigenvalue weighted by atomic mass is 10.2. The maximum Gasteiger partial charge on any atom is 0.161 e. The van der Waals surface area contributed by atoms with E-state index in [-0.39, 0.29) is 12.4 Å². The van der Waals surface area contributed by atoms with Crippen molar-refractivity contribution >= 4 is 24.0 Å². The fourth-order valence-corrected chi connectivity index (χ4v) is 2.22. The number of hydrogen-bond donors (Lipinski definition) is 1. The van der Waals surface area contributed by atoms with Crippen molar-refractivity contribution in [3.63, 3.8) is 0 Å². The lowest BCUT2D eigenvalue weighted by Crippen LogP contribution is -2.13. The summed E-state index contributed by atoms with van der Waals surface area (Å²) in [6, 6.07) is 13.7. The highest BCUT2D eigenvalue weighted by molar-refractivity contribution is 6.30. The average Bonchev–Trinajstić information content (AvgIpc) is 2.55. The van der Waals surface area contributed by atoms with E-state index in [4.69, 9.17) is 21.1 Å². The topological polar surface area (TPSA) is 30.5 Å². The molecular weight excluding hydrogens is 333 g/mol. The first-order valence-electron chi connectivity index (χ1n) is 7.47. The van der Waals surface area contributed by atoms with Crippen LogP contribution in [0, 0.1) is 0 Å². The first-order valence-corrected chi connectivity index (χ1v) is 7.85.